The minimum Gasteiger partial charge on any atom is -0.135 e. The van der Waals surface area contributed by atoms with Crippen LogP contribution in [0.4, 0.5) is 0 Å². The summed E-state index contributed by atoms with van der Waals surface area (Å²) in [6, 6.07) is 9.44. The van der Waals surface area contributed by atoms with E-state index in [0.29, 0.717) is 0 Å². The number of fused-ring (bicyclic) bond motifs is 1. The first-order valence-corrected chi connectivity index (χ1v) is 15.1. The zero-order chi connectivity index (χ0) is 19.0. The van der Waals surface area contributed by atoms with Crippen LogP contribution in [0.2, 0.25) is 0 Å². The Morgan fingerprint density at radius 3 is 1.74 bits per heavy atom. The van der Waals surface area contributed by atoms with Gasteiger partial charge in [-0.1, -0.05) is 61.7 Å². The smallest absolute Gasteiger partial charge is 0.0372 e. The highest BCUT2D eigenvalue weighted by atomic mass is 32.1. The molecule has 0 N–H and O–H groups in total. The predicted molar refractivity (Wildman–Crippen MR) is 130 cm³/mol. The van der Waals surface area contributed by atoms with Gasteiger partial charge < -0.3 is 0 Å². The van der Waals surface area contributed by atoms with Gasteiger partial charge in [0.25, 0.3) is 0 Å². The molecule has 0 bridgehead atoms. The predicted octanol–water partition coefficient (Wildman–Crippen LogP) is 7.82. The van der Waals surface area contributed by atoms with E-state index in [1.165, 1.54) is 51.4 Å². The van der Waals surface area contributed by atoms with Gasteiger partial charge in [-0.3, -0.25) is 0 Å². The molecule has 0 aliphatic carbocycles. The van der Waals surface area contributed by atoms with Crippen molar-refractivity contribution in [2.45, 2.75) is 102 Å². The van der Waals surface area contributed by atoms with Crippen molar-refractivity contribution in [3.8, 4) is 0 Å². The largest absolute Gasteiger partial charge is 0.135 e. The summed E-state index contributed by atoms with van der Waals surface area (Å²) in [5.41, 5.74) is 3.91. The molecule has 27 heavy (non-hydrogen) atoms. The Morgan fingerprint density at radius 2 is 1.22 bits per heavy atom. The molecule has 4 rings (SSSR count). The molecule has 2 fully saturated rings. The number of thiophene rings is 1. The highest BCUT2D eigenvalue weighted by Crippen LogP contribution is 2.63. The lowest BCUT2D eigenvalue weighted by atomic mass is 10.1. The van der Waals surface area contributed by atoms with Crippen molar-refractivity contribution in [3.63, 3.8) is 0 Å². The normalized spacial score (nSPS) is 29.9. The van der Waals surface area contributed by atoms with E-state index in [4.69, 9.17) is 0 Å². The minimum atomic E-state index is 0.0116. The van der Waals surface area contributed by atoms with E-state index in [2.05, 4.69) is 63.3 Å². The molecule has 0 unspecified atom stereocenters. The Hall–Kier alpha value is 0.0400. The molecule has 0 nitrogen and oxygen atoms in total. The second-order valence-electron chi connectivity index (χ2n) is 8.47. The summed E-state index contributed by atoms with van der Waals surface area (Å²) in [5.74, 6) is 0. The van der Waals surface area contributed by atoms with Crippen molar-refractivity contribution in [3.05, 3.63) is 24.3 Å². The lowest BCUT2D eigenvalue weighted by Crippen LogP contribution is -2.27. The van der Waals surface area contributed by atoms with Crippen LogP contribution >= 0.6 is 27.2 Å². The lowest BCUT2D eigenvalue weighted by Gasteiger charge is -2.30. The average molecular weight is 419 g/mol. The molecular formula is C24H36P2S. The summed E-state index contributed by atoms with van der Waals surface area (Å²) in [7, 11) is 0.0472. The molecule has 0 amide bonds. The maximum absolute atomic E-state index is 2.47. The molecule has 0 radical (unpaired) electrons. The molecule has 0 saturated carbocycles. The first-order valence-electron chi connectivity index (χ1n) is 11.3. The quantitative estimate of drug-likeness (QED) is 0.420. The SMILES string of the molecule is CC[C@@H]1CC[C@@H](CC)P1c1sc2ccccc2c1P1[C@H](CC)CC[C@H]1CC. The fraction of sp³-hybridized carbons (Fsp3) is 0.667. The average Bonchev–Trinajstić information content (AvgIpc) is 3.40. The topological polar surface area (TPSA) is 0 Å². The van der Waals surface area contributed by atoms with E-state index in [9.17, 15) is 0 Å². The first kappa shape index (κ1) is 20.3. The Balaban J connectivity index is 1.89. The molecular weight excluding hydrogens is 382 g/mol. The van der Waals surface area contributed by atoms with Crippen molar-refractivity contribution in [2.24, 2.45) is 0 Å². The van der Waals surface area contributed by atoms with E-state index >= 15 is 0 Å². The Morgan fingerprint density at radius 1 is 0.741 bits per heavy atom. The highest BCUT2D eigenvalue weighted by Gasteiger charge is 2.42. The van der Waals surface area contributed by atoms with Crippen molar-refractivity contribution < 1.29 is 0 Å². The van der Waals surface area contributed by atoms with Crippen LogP contribution in [0.3, 0.4) is 0 Å². The van der Waals surface area contributed by atoms with Gasteiger partial charge in [-0.15, -0.1) is 11.3 Å². The number of benzene rings is 1. The number of hydrogen-bond donors (Lipinski definition) is 0. The van der Waals surface area contributed by atoms with E-state index < -0.39 is 0 Å². The number of rotatable bonds is 6. The molecule has 3 heterocycles. The van der Waals surface area contributed by atoms with Gasteiger partial charge in [0.15, 0.2) is 0 Å². The van der Waals surface area contributed by atoms with Crippen LogP contribution in [-0.2, 0) is 0 Å². The Bertz CT molecular complexity index is 743. The fourth-order valence-electron chi connectivity index (χ4n) is 5.67. The van der Waals surface area contributed by atoms with E-state index in [-0.39, 0.29) is 15.8 Å². The van der Waals surface area contributed by atoms with Gasteiger partial charge in [0.05, 0.1) is 0 Å². The molecule has 1 aromatic heterocycles. The molecule has 2 saturated heterocycles. The van der Waals surface area contributed by atoms with Crippen molar-refractivity contribution in [1.29, 1.82) is 0 Å². The molecule has 2 aromatic rings. The zero-order valence-corrected chi connectivity index (χ0v) is 20.2. The van der Waals surface area contributed by atoms with Crippen molar-refractivity contribution >= 4 is 47.2 Å². The Kier molecular flexibility index (Phi) is 6.63. The first-order chi connectivity index (χ1) is 13.2. The maximum Gasteiger partial charge on any atom is 0.0372 e. The van der Waals surface area contributed by atoms with Gasteiger partial charge in [-0.25, -0.2) is 0 Å². The second-order valence-corrected chi connectivity index (χ2v) is 15.3. The lowest BCUT2D eigenvalue weighted by molar-refractivity contribution is 0.696. The molecule has 4 atom stereocenters. The van der Waals surface area contributed by atoms with Gasteiger partial charge >= 0.3 is 0 Å². The fourth-order valence-corrected chi connectivity index (χ4v) is 16.3. The van der Waals surface area contributed by atoms with Gasteiger partial charge in [-0.05, 0) is 80.1 Å². The molecule has 0 spiro atoms. The van der Waals surface area contributed by atoms with E-state index in [1.807, 2.05) is 9.92 Å². The van der Waals surface area contributed by atoms with Crippen LogP contribution in [0.5, 0.6) is 0 Å². The Labute approximate surface area is 173 Å². The molecule has 1 aromatic carbocycles. The van der Waals surface area contributed by atoms with Crippen LogP contribution in [0.25, 0.3) is 10.1 Å². The number of hydrogen-bond acceptors (Lipinski definition) is 1. The summed E-state index contributed by atoms with van der Waals surface area (Å²) < 4.78 is 3.49. The van der Waals surface area contributed by atoms with Crippen molar-refractivity contribution in [2.75, 3.05) is 0 Å². The third kappa shape index (κ3) is 3.56. The summed E-state index contributed by atoms with van der Waals surface area (Å²) in [4.78, 5) is 0. The molecule has 2 aliphatic heterocycles. The van der Waals surface area contributed by atoms with Crippen LogP contribution in [0.1, 0.15) is 79.1 Å². The van der Waals surface area contributed by atoms with Crippen LogP contribution in [0.15, 0.2) is 24.3 Å². The van der Waals surface area contributed by atoms with E-state index in [0.717, 1.165) is 22.6 Å². The maximum atomic E-state index is 2.47. The van der Waals surface area contributed by atoms with Gasteiger partial charge in [-0.2, -0.15) is 0 Å². The summed E-state index contributed by atoms with van der Waals surface area (Å²) >= 11 is 2.22. The highest BCUT2D eigenvalue weighted by molar-refractivity contribution is 7.79. The molecule has 148 valence electrons. The standard InChI is InChI=1S/C24H36P2S/c1-5-17-13-14-18(6-2)25(17)23-21-11-9-10-12-22(21)27-24(23)26-19(7-3)15-16-20(26)8-4/h9-12,17-20H,5-8,13-16H2,1-4H3/t17-,18-,19-,20-/m1/s1. The zero-order valence-electron chi connectivity index (χ0n) is 17.6. The minimum absolute atomic E-state index is 0.0116. The molecule has 2 aliphatic rings. The summed E-state index contributed by atoms with van der Waals surface area (Å²) in [5, 5.41) is 3.56. The van der Waals surface area contributed by atoms with Crippen molar-refractivity contribution in [1.82, 2.24) is 0 Å². The van der Waals surface area contributed by atoms with Crippen LogP contribution in [0, 0.1) is 0 Å². The van der Waals surface area contributed by atoms with Crippen LogP contribution in [-0.4, -0.2) is 22.6 Å². The summed E-state index contributed by atoms with van der Waals surface area (Å²) in [6.07, 6.45) is 11.5. The summed E-state index contributed by atoms with van der Waals surface area (Å²) in [6.45, 7) is 9.82. The monoisotopic (exact) mass is 418 g/mol. The molecule has 3 heteroatoms. The second kappa shape index (κ2) is 8.81. The van der Waals surface area contributed by atoms with Crippen LogP contribution < -0.4 is 9.92 Å². The third-order valence-electron chi connectivity index (χ3n) is 7.17. The van der Waals surface area contributed by atoms with Gasteiger partial charge in [0.2, 0.25) is 0 Å². The van der Waals surface area contributed by atoms with Gasteiger partial charge in [0, 0.05) is 20.0 Å². The van der Waals surface area contributed by atoms with E-state index in [1.54, 1.807) is 10.1 Å². The van der Waals surface area contributed by atoms with Gasteiger partial charge in [0.1, 0.15) is 0 Å². The third-order valence-corrected chi connectivity index (χ3v) is 16.7.